The summed E-state index contributed by atoms with van der Waals surface area (Å²) in [7, 11) is 0. The van der Waals surface area contributed by atoms with Gasteiger partial charge in [0.1, 0.15) is 5.60 Å². The highest BCUT2D eigenvalue weighted by molar-refractivity contribution is 5.80. The Morgan fingerprint density at radius 2 is 1.82 bits per heavy atom. The van der Waals surface area contributed by atoms with Gasteiger partial charge in [0, 0.05) is 6.92 Å². The van der Waals surface area contributed by atoms with Crippen molar-refractivity contribution in [3.8, 4) is 0 Å². The Kier molecular flexibility index (Phi) is 3.66. The van der Waals surface area contributed by atoms with Crippen LogP contribution >= 0.6 is 0 Å². The minimum Gasteiger partial charge on any atom is -0.457 e. The van der Waals surface area contributed by atoms with Crippen molar-refractivity contribution in [2.75, 3.05) is 6.61 Å². The third kappa shape index (κ3) is 2.83. The number of rotatable bonds is 4. The minimum atomic E-state index is -3.62. The third-order valence-electron chi connectivity index (χ3n) is 5.18. The Hall–Kier alpha value is -1.24. The van der Waals surface area contributed by atoms with Crippen molar-refractivity contribution in [1.29, 1.82) is 0 Å². The molecule has 124 valence electrons. The number of carbonyl (C=O) groups excluding carboxylic acids is 2. The second-order valence-corrected chi connectivity index (χ2v) is 7.08. The highest BCUT2D eigenvalue weighted by atomic mass is 19.3. The van der Waals surface area contributed by atoms with E-state index in [0.717, 1.165) is 19.3 Å². The summed E-state index contributed by atoms with van der Waals surface area (Å²) in [5.41, 5.74) is -0.617. The van der Waals surface area contributed by atoms with Gasteiger partial charge in [-0.2, -0.15) is 8.78 Å². The standard InChI is InChI=1S/C15H20F2O5/c1-14(16,17)13(20)21-7-11(18)22-15-4-8-2-9(5-15)12(19)10(3-8)6-15/h8-10,12,19H,2-7H2,1H3. The fraction of sp³-hybridized carbons (Fsp3) is 0.867. The number of aliphatic hydroxyl groups excluding tert-OH is 1. The smallest absolute Gasteiger partial charge is 0.377 e. The lowest BCUT2D eigenvalue weighted by Crippen LogP contribution is -2.58. The molecule has 0 saturated heterocycles. The molecule has 4 bridgehead atoms. The molecule has 22 heavy (non-hydrogen) atoms. The Bertz CT molecular complexity index is 471. The minimum absolute atomic E-state index is 0.140. The van der Waals surface area contributed by atoms with Crippen LogP contribution in [-0.2, 0) is 19.1 Å². The van der Waals surface area contributed by atoms with Crippen LogP contribution in [0.25, 0.3) is 0 Å². The summed E-state index contributed by atoms with van der Waals surface area (Å²) in [5, 5.41) is 10.1. The number of alkyl halides is 2. The molecule has 0 spiro atoms. The van der Waals surface area contributed by atoms with E-state index < -0.39 is 30.1 Å². The van der Waals surface area contributed by atoms with E-state index in [2.05, 4.69) is 4.74 Å². The molecule has 0 aromatic heterocycles. The average Bonchev–Trinajstić information content (AvgIpc) is 2.39. The Morgan fingerprint density at radius 1 is 1.23 bits per heavy atom. The van der Waals surface area contributed by atoms with Crippen LogP contribution in [0.2, 0.25) is 0 Å². The lowest BCUT2D eigenvalue weighted by Gasteiger charge is -2.57. The van der Waals surface area contributed by atoms with Gasteiger partial charge in [0.25, 0.3) is 0 Å². The highest BCUT2D eigenvalue weighted by Gasteiger charge is 2.57. The van der Waals surface area contributed by atoms with Crippen LogP contribution in [0.1, 0.15) is 39.0 Å². The summed E-state index contributed by atoms with van der Waals surface area (Å²) in [6, 6.07) is 0. The van der Waals surface area contributed by atoms with Crippen molar-refractivity contribution < 1.29 is 33.0 Å². The van der Waals surface area contributed by atoms with Gasteiger partial charge in [-0.15, -0.1) is 0 Å². The molecule has 4 fully saturated rings. The van der Waals surface area contributed by atoms with Crippen LogP contribution in [0.15, 0.2) is 0 Å². The second-order valence-electron chi connectivity index (χ2n) is 7.08. The molecule has 2 unspecified atom stereocenters. The predicted molar refractivity (Wildman–Crippen MR) is 70.0 cm³/mol. The number of hydrogen-bond acceptors (Lipinski definition) is 5. The fourth-order valence-electron chi connectivity index (χ4n) is 4.57. The van der Waals surface area contributed by atoms with Crippen LogP contribution in [0, 0.1) is 17.8 Å². The first-order chi connectivity index (χ1) is 10.2. The zero-order valence-corrected chi connectivity index (χ0v) is 12.4. The SMILES string of the molecule is CC(F)(F)C(=O)OCC(=O)OC12CC3CC(C1)C(O)C(C3)C2. The van der Waals surface area contributed by atoms with E-state index in [1.165, 1.54) is 0 Å². The van der Waals surface area contributed by atoms with E-state index in [1.54, 1.807) is 0 Å². The normalized spacial score (nSPS) is 39.6. The van der Waals surface area contributed by atoms with Crippen LogP contribution in [0.4, 0.5) is 8.78 Å². The van der Waals surface area contributed by atoms with Crippen LogP contribution in [0.5, 0.6) is 0 Å². The lowest BCUT2D eigenvalue weighted by atomic mass is 9.53. The van der Waals surface area contributed by atoms with Crippen molar-refractivity contribution in [3.63, 3.8) is 0 Å². The molecular formula is C15H20F2O5. The molecule has 4 aliphatic rings. The lowest BCUT2D eigenvalue weighted by molar-refractivity contribution is -0.211. The number of halogens is 2. The van der Waals surface area contributed by atoms with E-state index in [9.17, 15) is 23.5 Å². The number of esters is 2. The van der Waals surface area contributed by atoms with Crippen molar-refractivity contribution in [2.24, 2.45) is 17.8 Å². The molecule has 0 aromatic carbocycles. The molecular weight excluding hydrogens is 298 g/mol. The zero-order chi connectivity index (χ0) is 16.1. The molecule has 1 N–H and O–H groups in total. The first-order valence-corrected chi connectivity index (χ1v) is 7.63. The molecule has 4 saturated carbocycles. The largest absolute Gasteiger partial charge is 0.457 e. The van der Waals surface area contributed by atoms with Gasteiger partial charge in [-0.05, 0) is 49.9 Å². The molecule has 0 aromatic rings. The van der Waals surface area contributed by atoms with E-state index >= 15 is 0 Å². The van der Waals surface area contributed by atoms with E-state index in [1.807, 2.05) is 0 Å². The molecule has 4 rings (SSSR count). The van der Waals surface area contributed by atoms with Gasteiger partial charge in [-0.3, -0.25) is 0 Å². The quantitative estimate of drug-likeness (QED) is 0.798. The Labute approximate surface area is 127 Å². The van der Waals surface area contributed by atoms with Crippen LogP contribution in [0.3, 0.4) is 0 Å². The second kappa shape index (κ2) is 5.15. The molecule has 2 atom stereocenters. The maximum absolute atomic E-state index is 12.7. The first-order valence-electron chi connectivity index (χ1n) is 7.63. The van der Waals surface area contributed by atoms with Gasteiger partial charge in [0.15, 0.2) is 6.61 Å². The van der Waals surface area contributed by atoms with Crippen molar-refractivity contribution >= 4 is 11.9 Å². The predicted octanol–water partition coefficient (Wildman–Crippen LogP) is 1.67. The number of ether oxygens (including phenoxy) is 2. The average molecular weight is 318 g/mol. The van der Waals surface area contributed by atoms with Crippen molar-refractivity contribution in [3.05, 3.63) is 0 Å². The molecule has 0 amide bonds. The third-order valence-corrected chi connectivity index (χ3v) is 5.18. The van der Waals surface area contributed by atoms with Gasteiger partial charge in [0.2, 0.25) is 0 Å². The zero-order valence-electron chi connectivity index (χ0n) is 12.4. The van der Waals surface area contributed by atoms with Crippen LogP contribution in [-0.4, -0.2) is 41.3 Å². The molecule has 7 heteroatoms. The summed E-state index contributed by atoms with van der Waals surface area (Å²) in [6.07, 6.45) is 3.52. The number of aliphatic hydroxyl groups is 1. The summed E-state index contributed by atoms with van der Waals surface area (Å²) in [6.45, 7) is -0.381. The topological polar surface area (TPSA) is 72.8 Å². The molecule has 0 radical (unpaired) electrons. The summed E-state index contributed by atoms with van der Waals surface area (Å²) >= 11 is 0. The summed E-state index contributed by atoms with van der Waals surface area (Å²) < 4.78 is 35.1. The number of hydrogen-bond donors (Lipinski definition) is 1. The van der Waals surface area contributed by atoms with Gasteiger partial charge < -0.3 is 14.6 Å². The van der Waals surface area contributed by atoms with Gasteiger partial charge in [-0.25, -0.2) is 9.59 Å². The summed E-state index contributed by atoms with van der Waals surface area (Å²) in [5.74, 6) is -5.43. The van der Waals surface area contributed by atoms with Gasteiger partial charge >= 0.3 is 17.9 Å². The fourth-order valence-corrected chi connectivity index (χ4v) is 4.57. The van der Waals surface area contributed by atoms with Gasteiger partial charge in [0.05, 0.1) is 6.10 Å². The van der Waals surface area contributed by atoms with Crippen molar-refractivity contribution in [2.45, 2.75) is 56.7 Å². The van der Waals surface area contributed by atoms with E-state index in [-0.39, 0.29) is 17.9 Å². The van der Waals surface area contributed by atoms with E-state index in [0.29, 0.717) is 25.7 Å². The first kappa shape index (κ1) is 15.6. The molecule has 5 nitrogen and oxygen atoms in total. The van der Waals surface area contributed by atoms with Crippen LogP contribution < -0.4 is 0 Å². The Morgan fingerprint density at radius 3 is 2.36 bits per heavy atom. The monoisotopic (exact) mass is 318 g/mol. The maximum atomic E-state index is 12.7. The molecule has 0 aliphatic heterocycles. The van der Waals surface area contributed by atoms with E-state index in [4.69, 9.17) is 4.74 Å². The molecule has 0 heterocycles. The van der Waals surface area contributed by atoms with Gasteiger partial charge in [-0.1, -0.05) is 0 Å². The number of carbonyl (C=O) groups is 2. The molecule has 4 aliphatic carbocycles. The summed E-state index contributed by atoms with van der Waals surface area (Å²) in [4.78, 5) is 22.8. The maximum Gasteiger partial charge on any atom is 0.377 e. The van der Waals surface area contributed by atoms with Crippen molar-refractivity contribution in [1.82, 2.24) is 0 Å². The highest BCUT2D eigenvalue weighted by Crippen LogP contribution is 2.57. The Balaban J connectivity index is 1.57.